The number of nitrogens with zero attached hydrogens (tertiary/aromatic N) is 1. The van der Waals surface area contributed by atoms with E-state index >= 15 is 0 Å². The maximum absolute atomic E-state index is 14.3. The van der Waals surface area contributed by atoms with Crippen LogP contribution < -0.4 is 10.6 Å². The van der Waals surface area contributed by atoms with Crippen molar-refractivity contribution in [1.82, 2.24) is 9.88 Å². The Labute approximate surface area is 178 Å². The van der Waals surface area contributed by atoms with Gasteiger partial charge in [-0.3, -0.25) is 14.4 Å². The van der Waals surface area contributed by atoms with Crippen LogP contribution in [0.25, 0.3) is 5.69 Å². The summed E-state index contributed by atoms with van der Waals surface area (Å²) in [5.41, 5.74) is 2.74. The monoisotopic (exact) mass is 423 g/mol. The third kappa shape index (κ3) is 4.80. The molecule has 0 aliphatic carbocycles. The first-order valence-electron chi connectivity index (χ1n) is 9.52. The Morgan fingerprint density at radius 3 is 2.45 bits per heavy atom. The smallest absolute Gasteiger partial charge is 0.325 e. The number of ether oxygens (including phenoxy) is 1. The zero-order valence-corrected chi connectivity index (χ0v) is 17.4. The zero-order valence-electron chi connectivity index (χ0n) is 17.4. The lowest BCUT2D eigenvalue weighted by Crippen LogP contribution is -2.30. The third-order valence-electron chi connectivity index (χ3n) is 4.77. The van der Waals surface area contributed by atoms with E-state index in [4.69, 9.17) is 0 Å². The summed E-state index contributed by atoms with van der Waals surface area (Å²) in [6, 6.07) is 14.4. The van der Waals surface area contributed by atoms with E-state index in [-0.39, 0.29) is 23.8 Å². The number of benzene rings is 2. The average Bonchev–Trinajstić information content (AvgIpc) is 3.06. The highest BCUT2D eigenvalue weighted by molar-refractivity contribution is 6.06. The molecule has 0 saturated carbocycles. The molecular weight excluding hydrogens is 401 g/mol. The van der Waals surface area contributed by atoms with Crippen molar-refractivity contribution >= 4 is 23.5 Å². The van der Waals surface area contributed by atoms with Gasteiger partial charge in [-0.2, -0.15) is 0 Å². The summed E-state index contributed by atoms with van der Waals surface area (Å²) in [4.78, 5) is 36.2. The summed E-state index contributed by atoms with van der Waals surface area (Å²) in [5, 5.41) is 5.20. The van der Waals surface area contributed by atoms with Crippen LogP contribution in [-0.2, 0) is 9.53 Å². The number of anilines is 1. The largest absolute Gasteiger partial charge is 0.468 e. The lowest BCUT2D eigenvalue weighted by atomic mass is 10.1. The molecule has 1 heterocycles. The van der Waals surface area contributed by atoms with E-state index in [0.717, 1.165) is 0 Å². The van der Waals surface area contributed by atoms with Gasteiger partial charge in [0.15, 0.2) is 0 Å². The van der Waals surface area contributed by atoms with Crippen LogP contribution in [0.4, 0.5) is 10.1 Å². The number of rotatable bonds is 6. The first-order chi connectivity index (χ1) is 14.8. The molecule has 2 N–H and O–H groups in total. The standard InChI is InChI=1S/C23H22FN3O4/c1-14-11-18(15(2)27(14)20-10-5-4-9-19(20)24)23(30)26-17-8-6-7-16(12-17)22(29)25-13-21(28)31-3/h4-12H,13H2,1-3H3,(H,25,29)(H,26,30). The maximum Gasteiger partial charge on any atom is 0.325 e. The van der Waals surface area contributed by atoms with Crippen molar-refractivity contribution in [1.29, 1.82) is 0 Å². The Morgan fingerprint density at radius 2 is 1.74 bits per heavy atom. The number of amides is 2. The zero-order chi connectivity index (χ0) is 22.5. The van der Waals surface area contributed by atoms with Gasteiger partial charge in [0.25, 0.3) is 11.8 Å². The van der Waals surface area contributed by atoms with Gasteiger partial charge in [0, 0.05) is 22.6 Å². The molecule has 0 saturated heterocycles. The summed E-state index contributed by atoms with van der Waals surface area (Å²) >= 11 is 0. The molecule has 0 unspecified atom stereocenters. The van der Waals surface area contributed by atoms with Gasteiger partial charge < -0.3 is 19.9 Å². The van der Waals surface area contributed by atoms with Crippen molar-refractivity contribution in [3.05, 3.63) is 82.9 Å². The minimum absolute atomic E-state index is 0.256. The highest BCUT2D eigenvalue weighted by Gasteiger charge is 2.19. The van der Waals surface area contributed by atoms with Crippen molar-refractivity contribution in [3.63, 3.8) is 0 Å². The second kappa shape index (κ2) is 9.25. The molecule has 0 aliphatic heterocycles. The SMILES string of the molecule is COC(=O)CNC(=O)c1cccc(NC(=O)c2cc(C)n(-c3ccccc3F)c2C)c1. The van der Waals surface area contributed by atoms with Gasteiger partial charge in [-0.15, -0.1) is 0 Å². The van der Waals surface area contributed by atoms with E-state index in [0.29, 0.717) is 28.3 Å². The number of carbonyl (C=O) groups is 3. The molecule has 160 valence electrons. The van der Waals surface area contributed by atoms with Crippen LogP contribution in [0.2, 0.25) is 0 Å². The minimum atomic E-state index is -0.567. The van der Waals surface area contributed by atoms with Crippen LogP contribution in [0.3, 0.4) is 0 Å². The van der Waals surface area contributed by atoms with Crippen LogP contribution in [-0.4, -0.2) is 36.0 Å². The Balaban J connectivity index is 1.80. The van der Waals surface area contributed by atoms with E-state index < -0.39 is 11.9 Å². The normalized spacial score (nSPS) is 10.5. The molecular formula is C23H22FN3O4. The number of aromatic nitrogens is 1. The molecule has 3 aromatic rings. The average molecular weight is 423 g/mol. The highest BCUT2D eigenvalue weighted by Crippen LogP contribution is 2.24. The van der Waals surface area contributed by atoms with Gasteiger partial charge in [0.1, 0.15) is 12.4 Å². The first kappa shape index (κ1) is 21.8. The molecule has 31 heavy (non-hydrogen) atoms. The van der Waals surface area contributed by atoms with E-state index in [1.165, 1.54) is 19.2 Å². The van der Waals surface area contributed by atoms with E-state index in [2.05, 4.69) is 15.4 Å². The topological polar surface area (TPSA) is 89.4 Å². The number of hydrogen-bond acceptors (Lipinski definition) is 4. The van der Waals surface area contributed by atoms with Gasteiger partial charge in [-0.05, 0) is 50.2 Å². The van der Waals surface area contributed by atoms with Crippen molar-refractivity contribution in [2.45, 2.75) is 13.8 Å². The van der Waals surface area contributed by atoms with Crippen molar-refractivity contribution < 1.29 is 23.5 Å². The fourth-order valence-corrected chi connectivity index (χ4v) is 3.26. The number of para-hydroxylation sites is 1. The molecule has 2 aromatic carbocycles. The molecule has 1 aromatic heterocycles. The molecule has 0 spiro atoms. The maximum atomic E-state index is 14.3. The highest BCUT2D eigenvalue weighted by atomic mass is 19.1. The van der Waals surface area contributed by atoms with Crippen LogP contribution in [0.1, 0.15) is 32.1 Å². The Hall–Kier alpha value is -3.94. The van der Waals surface area contributed by atoms with Gasteiger partial charge in [0.05, 0.1) is 18.4 Å². The second-order valence-corrected chi connectivity index (χ2v) is 6.87. The van der Waals surface area contributed by atoms with Crippen LogP contribution in [0, 0.1) is 19.7 Å². The first-order valence-corrected chi connectivity index (χ1v) is 9.52. The summed E-state index contributed by atoms with van der Waals surface area (Å²) in [7, 11) is 1.23. The molecule has 8 heteroatoms. The van der Waals surface area contributed by atoms with E-state index in [9.17, 15) is 18.8 Å². The molecule has 2 amide bonds. The lowest BCUT2D eigenvalue weighted by Gasteiger charge is -2.11. The Morgan fingerprint density at radius 1 is 1.00 bits per heavy atom. The minimum Gasteiger partial charge on any atom is -0.468 e. The molecule has 3 rings (SSSR count). The van der Waals surface area contributed by atoms with Gasteiger partial charge >= 0.3 is 5.97 Å². The summed E-state index contributed by atoms with van der Waals surface area (Å²) < 4.78 is 20.4. The Kier molecular flexibility index (Phi) is 6.49. The van der Waals surface area contributed by atoms with E-state index in [1.54, 1.807) is 60.9 Å². The Bertz CT molecular complexity index is 1150. The number of carbonyl (C=O) groups excluding carboxylic acids is 3. The predicted molar refractivity (Wildman–Crippen MR) is 114 cm³/mol. The summed E-state index contributed by atoms with van der Waals surface area (Å²) in [6.45, 7) is 3.28. The van der Waals surface area contributed by atoms with Crippen LogP contribution >= 0.6 is 0 Å². The van der Waals surface area contributed by atoms with Gasteiger partial charge in [0.2, 0.25) is 0 Å². The molecule has 0 radical (unpaired) electrons. The number of methoxy groups -OCH3 is 1. The molecule has 7 nitrogen and oxygen atoms in total. The fourth-order valence-electron chi connectivity index (χ4n) is 3.26. The molecule has 0 aliphatic rings. The number of esters is 1. The quantitative estimate of drug-likeness (QED) is 0.595. The molecule has 0 atom stereocenters. The predicted octanol–water partition coefficient (Wildman–Crippen LogP) is 3.39. The third-order valence-corrected chi connectivity index (χ3v) is 4.77. The van der Waals surface area contributed by atoms with Crippen LogP contribution in [0.5, 0.6) is 0 Å². The number of nitrogens with one attached hydrogen (secondary N) is 2. The van der Waals surface area contributed by atoms with Crippen molar-refractivity contribution in [2.24, 2.45) is 0 Å². The fraction of sp³-hybridized carbons (Fsp3) is 0.174. The van der Waals surface area contributed by atoms with E-state index in [1.807, 2.05) is 0 Å². The number of aryl methyl sites for hydroxylation is 1. The summed E-state index contributed by atoms with van der Waals surface area (Å²) in [6.07, 6.45) is 0. The van der Waals surface area contributed by atoms with Crippen molar-refractivity contribution in [3.8, 4) is 5.69 Å². The lowest BCUT2D eigenvalue weighted by molar-refractivity contribution is -0.139. The molecule has 0 bridgehead atoms. The van der Waals surface area contributed by atoms with Gasteiger partial charge in [-0.1, -0.05) is 18.2 Å². The number of hydrogen-bond donors (Lipinski definition) is 2. The summed E-state index contributed by atoms with van der Waals surface area (Å²) in [5.74, 6) is -1.81. The molecule has 0 fully saturated rings. The number of halogens is 1. The second-order valence-electron chi connectivity index (χ2n) is 6.87. The van der Waals surface area contributed by atoms with Gasteiger partial charge in [-0.25, -0.2) is 4.39 Å². The van der Waals surface area contributed by atoms with Crippen molar-refractivity contribution in [2.75, 3.05) is 19.0 Å². The van der Waals surface area contributed by atoms with Crippen LogP contribution in [0.15, 0.2) is 54.6 Å².